The SMILES string of the molecule is [NH2+]=C/C=N\[NH2+]c1ccccc1C(=O)NC1(Cn2cc(-c3ccc(F)cn3)cn2)CC1. The van der Waals surface area contributed by atoms with E-state index in [-0.39, 0.29) is 17.3 Å². The monoisotopic (exact) mass is 407 g/mol. The highest BCUT2D eigenvalue weighted by atomic mass is 19.1. The van der Waals surface area contributed by atoms with Crippen LogP contribution in [-0.4, -0.2) is 38.6 Å². The lowest BCUT2D eigenvalue weighted by molar-refractivity contribution is -0.577. The van der Waals surface area contributed by atoms with E-state index in [1.807, 2.05) is 24.4 Å². The number of hydrogen-bond acceptors (Lipinski definition) is 4. The molecule has 9 heteroatoms. The first-order valence-electron chi connectivity index (χ1n) is 9.54. The number of rotatable bonds is 8. The maximum Gasteiger partial charge on any atom is 0.257 e. The van der Waals surface area contributed by atoms with E-state index in [9.17, 15) is 9.18 Å². The molecule has 0 atom stereocenters. The summed E-state index contributed by atoms with van der Waals surface area (Å²) in [4.78, 5) is 17.0. The van der Waals surface area contributed by atoms with Crippen LogP contribution in [-0.2, 0) is 6.54 Å². The molecule has 0 radical (unpaired) electrons. The van der Waals surface area contributed by atoms with Gasteiger partial charge < -0.3 is 5.32 Å². The van der Waals surface area contributed by atoms with Crippen molar-refractivity contribution in [2.24, 2.45) is 5.10 Å². The summed E-state index contributed by atoms with van der Waals surface area (Å²) in [6.45, 7) is 0.548. The van der Waals surface area contributed by atoms with Crippen LogP contribution in [0, 0.1) is 5.82 Å². The molecule has 8 nitrogen and oxygen atoms in total. The summed E-state index contributed by atoms with van der Waals surface area (Å²) in [6.07, 6.45) is 9.25. The molecule has 0 unspecified atom stereocenters. The number of nitrogens with two attached hydrogens (primary N) is 2. The van der Waals surface area contributed by atoms with Crippen molar-refractivity contribution in [3.8, 4) is 11.3 Å². The van der Waals surface area contributed by atoms with Gasteiger partial charge in [-0.25, -0.2) is 4.39 Å². The highest BCUT2D eigenvalue weighted by Crippen LogP contribution is 2.37. The molecule has 30 heavy (non-hydrogen) atoms. The van der Waals surface area contributed by atoms with Crippen molar-refractivity contribution in [1.82, 2.24) is 20.1 Å². The van der Waals surface area contributed by atoms with Gasteiger partial charge in [-0.2, -0.15) is 10.5 Å². The zero-order valence-corrected chi connectivity index (χ0v) is 16.2. The summed E-state index contributed by atoms with van der Waals surface area (Å²) in [5.74, 6) is -0.533. The molecule has 2 aromatic heterocycles. The highest BCUT2D eigenvalue weighted by Gasteiger charge is 2.45. The lowest BCUT2D eigenvalue weighted by Gasteiger charge is -2.18. The Morgan fingerprint density at radius 2 is 2.13 bits per heavy atom. The molecule has 1 saturated carbocycles. The number of aromatic nitrogens is 3. The van der Waals surface area contributed by atoms with Crippen molar-refractivity contribution in [2.75, 3.05) is 0 Å². The number of nitrogens with zero attached hydrogens (tertiary/aromatic N) is 4. The van der Waals surface area contributed by atoms with Crippen molar-refractivity contribution < 1.29 is 20.0 Å². The summed E-state index contributed by atoms with van der Waals surface area (Å²) in [5.41, 5.74) is 3.98. The van der Waals surface area contributed by atoms with Crippen molar-refractivity contribution in [3.05, 3.63) is 66.4 Å². The van der Waals surface area contributed by atoms with Gasteiger partial charge in [-0.1, -0.05) is 17.2 Å². The highest BCUT2D eigenvalue weighted by molar-refractivity contribution is 6.12. The number of quaternary nitrogens is 1. The summed E-state index contributed by atoms with van der Waals surface area (Å²) in [6, 6.07) is 10.3. The molecule has 0 saturated heterocycles. The number of pyridine rings is 1. The number of carbonyl (C=O) groups excluding carboxylic acids is 1. The van der Waals surface area contributed by atoms with Crippen molar-refractivity contribution in [3.63, 3.8) is 0 Å². The van der Waals surface area contributed by atoms with E-state index in [0.717, 1.165) is 18.4 Å². The van der Waals surface area contributed by atoms with Crippen LogP contribution < -0.4 is 16.2 Å². The van der Waals surface area contributed by atoms with Crippen LogP contribution in [0.25, 0.3) is 11.3 Å². The minimum Gasteiger partial charge on any atom is -0.345 e. The van der Waals surface area contributed by atoms with Crippen molar-refractivity contribution in [1.29, 1.82) is 0 Å². The van der Waals surface area contributed by atoms with Crippen molar-refractivity contribution in [2.45, 2.75) is 24.9 Å². The molecule has 1 aliphatic carbocycles. The van der Waals surface area contributed by atoms with Gasteiger partial charge in [-0.05, 0) is 31.0 Å². The number of benzene rings is 1. The molecule has 0 spiro atoms. The van der Waals surface area contributed by atoms with E-state index in [2.05, 4.69) is 20.5 Å². The van der Waals surface area contributed by atoms with E-state index in [1.165, 1.54) is 24.7 Å². The third-order valence-corrected chi connectivity index (χ3v) is 4.94. The number of amides is 1. The number of nitrogens with one attached hydrogen (secondary N) is 1. The van der Waals surface area contributed by atoms with Gasteiger partial charge in [-0.15, -0.1) is 0 Å². The molecule has 0 aliphatic heterocycles. The van der Waals surface area contributed by atoms with Gasteiger partial charge in [0.25, 0.3) is 5.91 Å². The molecule has 152 valence electrons. The van der Waals surface area contributed by atoms with Crippen molar-refractivity contribution >= 4 is 24.0 Å². The Morgan fingerprint density at radius 1 is 1.30 bits per heavy atom. The lowest BCUT2D eigenvalue weighted by atomic mass is 10.1. The van der Waals surface area contributed by atoms with E-state index < -0.39 is 0 Å². The third-order valence-electron chi connectivity index (χ3n) is 4.94. The van der Waals surface area contributed by atoms with Gasteiger partial charge in [0, 0.05) is 17.8 Å². The summed E-state index contributed by atoms with van der Waals surface area (Å²) in [7, 11) is 0. The van der Waals surface area contributed by atoms with Gasteiger partial charge in [0.05, 0.1) is 30.2 Å². The second-order valence-corrected chi connectivity index (χ2v) is 7.23. The lowest BCUT2D eigenvalue weighted by Crippen LogP contribution is -2.72. The Bertz CT molecular complexity index is 1090. The van der Waals surface area contributed by atoms with Gasteiger partial charge >= 0.3 is 0 Å². The fourth-order valence-electron chi connectivity index (χ4n) is 3.21. The Balaban J connectivity index is 1.45. The number of carbonyl (C=O) groups is 1. The largest absolute Gasteiger partial charge is 0.345 e. The Morgan fingerprint density at radius 3 is 2.87 bits per heavy atom. The molecule has 5 N–H and O–H groups in total. The molecule has 1 fully saturated rings. The fraction of sp³-hybridized carbons (Fsp3) is 0.190. The average molecular weight is 407 g/mol. The van der Waals surface area contributed by atoms with E-state index in [4.69, 9.17) is 5.41 Å². The minimum atomic E-state index is -0.379. The van der Waals surface area contributed by atoms with Gasteiger partial charge in [-0.3, -0.25) is 19.9 Å². The maximum absolute atomic E-state index is 13.1. The molecule has 3 aromatic rings. The summed E-state index contributed by atoms with van der Waals surface area (Å²) in [5, 5.41) is 16.9. The van der Waals surface area contributed by atoms with Crippen LogP contribution in [0.15, 0.2) is 60.1 Å². The minimum absolute atomic E-state index is 0.154. The first-order chi connectivity index (χ1) is 14.6. The zero-order valence-electron chi connectivity index (χ0n) is 16.2. The van der Waals surface area contributed by atoms with Crippen LogP contribution in [0.1, 0.15) is 23.2 Å². The van der Waals surface area contributed by atoms with E-state index in [0.29, 0.717) is 23.5 Å². The molecular weight excluding hydrogens is 385 g/mol. The number of halogens is 1. The Kier molecular flexibility index (Phi) is 5.44. The fourth-order valence-corrected chi connectivity index (χ4v) is 3.21. The van der Waals surface area contributed by atoms with Crippen LogP contribution >= 0.6 is 0 Å². The number of hydrogen-bond donors (Lipinski definition) is 3. The van der Waals surface area contributed by atoms with E-state index in [1.54, 1.807) is 28.4 Å². The first-order valence-corrected chi connectivity index (χ1v) is 9.54. The van der Waals surface area contributed by atoms with Crippen LogP contribution in [0.5, 0.6) is 0 Å². The predicted molar refractivity (Wildman–Crippen MR) is 109 cm³/mol. The van der Waals surface area contributed by atoms with Crippen LogP contribution in [0.4, 0.5) is 10.1 Å². The van der Waals surface area contributed by atoms with Crippen LogP contribution in [0.3, 0.4) is 0 Å². The normalized spacial score (nSPS) is 14.6. The molecule has 1 amide bonds. The molecule has 0 bridgehead atoms. The standard InChI is InChI=1S/C21H20FN7O/c22-16-5-6-18(24-12-16)15-11-26-29(13-15)14-21(7-8-21)27-20(30)17-3-1-2-4-19(17)28-25-10-9-23/h1-6,9-13,23,28H,7-8,14H2,(H,27,30)/p+2/b23-9?,25-10-. The quantitative estimate of drug-likeness (QED) is 0.212. The predicted octanol–water partition coefficient (Wildman–Crippen LogP) is 0.0574. The topological polar surface area (TPSA) is 114 Å². The molecule has 2 heterocycles. The van der Waals surface area contributed by atoms with Gasteiger partial charge in [0.2, 0.25) is 0 Å². The average Bonchev–Trinajstić information content (AvgIpc) is 3.34. The summed E-state index contributed by atoms with van der Waals surface area (Å²) >= 11 is 0. The Hall–Kier alpha value is -3.72. The molecule has 4 rings (SSSR count). The van der Waals surface area contributed by atoms with Crippen LogP contribution in [0.2, 0.25) is 0 Å². The second kappa shape index (κ2) is 8.34. The van der Waals surface area contributed by atoms with Gasteiger partial charge in [0.1, 0.15) is 17.6 Å². The van der Waals surface area contributed by atoms with E-state index >= 15 is 0 Å². The van der Waals surface area contributed by atoms with Gasteiger partial charge in [0.15, 0.2) is 11.9 Å². The molecular formula is C21H22FN7O+2. The second-order valence-electron chi connectivity index (χ2n) is 7.23. The maximum atomic E-state index is 13.1. The molecule has 1 aromatic carbocycles. The zero-order chi connectivity index (χ0) is 21.0. The first kappa shape index (κ1) is 19.6. The Labute approximate surface area is 172 Å². The molecule has 1 aliphatic rings. The smallest absolute Gasteiger partial charge is 0.257 e. The third kappa shape index (κ3) is 4.47. The summed E-state index contributed by atoms with van der Waals surface area (Å²) < 4.78 is 14.9.